The van der Waals surface area contributed by atoms with Crippen molar-refractivity contribution in [3.05, 3.63) is 51.6 Å². The number of hydrogen-bond donors (Lipinski definition) is 1. The summed E-state index contributed by atoms with van der Waals surface area (Å²) in [7, 11) is 0. The number of amides is 1. The highest BCUT2D eigenvalue weighted by Gasteiger charge is 2.33. The van der Waals surface area contributed by atoms with Crippen LogP contribution in [0.2, 0.25) is 10.0 Å². The third kappa shape index (κ3) is 4.70. The molecule has 9 heteroatoms. The molecule has 1 fully saturated rings. The maximum Gasteiger partial charge on any atom is 0.417 e. The minimum absolute atomic E-state index is 0.0467. The van der Waals surface area contributed by atoms with Gasteiger partial charge in [0, 0.05) is 35.9 Å². The van der Waals surface area contributed by atoms with E-state index < -0.39 is 11.7 Å². The van der Waals surface area contributed by atoms with Gasteiger partial charge in [-0.3, -0.25) is 4.79 Å². The first-order valence-electron chi connectivity index (χ1n) is 8.70. The van der Waals surface area contributed by atoms with E-state index in [4.69, 9.17) is 23.2 Å². The number of carbonyl (C=O) groups is 1. The van der Waals surface area contributed by atoms with Crippen LogP contribution in [0.3, 0.4) is 0 Å². The largest absolute Gasteiger partial charge is 0.417 e. The second-order valence-corrected chi connectivity index (χ2v) is 7.58. The van der Waals surface area contributed by atoms with Crippen molar-refractivity contribution in [3.63, 3.8) is 0 Å². The van der Waals surface area contributed by atoms with Crippen LogP contribution >= 0.6 is 23.2 Å². The number of benzene rings is 1. The number of hydrogen-bond acceptors (Lipinski definition) is 3. The third-order valence-electron chi connectivity index (χ3n) is 4.76. The van der Waals surface area contributed by atoms with E-state index in [-0.39, 0.29) is 16.8 Å². The molecule has 0 radical (unpaired) electrons. The Balaban J connectivity index is 1.62. The number of piperidine rings is 1. The maximum absolute atomic E-state index is 12.7. The van der Waals surface area contributed by atoms with Crippen molar-refractivity contribution in [1.82, 2.24) is 4.98 Å². The topological polar surface area (TPSA) is 45.2 Å². The van der Waals surface area contributed by atoms with Crippen LogP contribution in [-0.4, -0.2) is 24.0 Å². The molecular formula is C19H18Cl2F3N3O. The lowest BCUT2D eigenvalue weighted by molar-refractivity contribution is -0.137. The van der Waals surface area contributed by atoms with Crippen molar-refractivity contribution in [2.24, 2.45) is 5.92 Å². The zero-order valence-electron chi connectivity index (χ0n) is 15.0. The summed E-state index contributed by atoms with van der Waals surface area (Å²) in [5, 5.41) is 3.47. The van der Waals surface area contributed by atoms with E-state index in [0.29, 0.717) is 42.5 Å². The molecule has 2 aromatic rings. The smallest absolute Gasteiger partial charge is 0.355 e. The highest BCUT2D eigenvalue weighted by atomic mass is 35.5. The average molecular weight is 432 g/mol. The van der Waals surface area contributed by atoms with Gasteiger partial charge in [-0.15, -0.1) is 0 Å². The normalized spacial score (nSPS) is 15.6. The zero-order valence-corrected chi connectivity index (χ0v) is 16.5. The number of aryl methyl sites for hydroxylation is 1. The summed E-state index contributed by atoms with van der Waals surface area (Å²) >= 11 is 11.9. The van der Waals surface area contributed by atoms with Gasteiger partial charge in [0.15, 0.2) is 0 Å². The second kappa shape index (κ2) is 8.17. The van der Waals surface area contributed by atoms with Crippen LogP contribution in [0.15, 0.2) is 30.5 Å². The monoisotopic (exact) mass is 431 g/mol. The molecule has 3 rings (SSSR count). The van der Waals surface area contributed by atoms with Crippen molar-refractivity contribution in [3.8, 4) is 0 Å². The molecule has 0 aliphatic carbocycles. The second-order valence-electron chi connectivity index (χ2n) is 6.74. The molecule has 4 nitrogen and oxygen atoms in total. The molecule has 1 aliphatic heterocycles. The number of nitrogens with one attached hydrogen (secondary N) is 1. The molecule has 1 amide bonds. The van der Waals surface area contributed by atoms with Gasteiger partial charge in [-0.2, -0.15) is 13.2 Å². The predicted molar refractivity (Wildman–Crippen MR) is 104 cm³/mol. The Hall–Kier alpha value is -1.99. The maximum atomic E-state index is 12.7. The number of nitrogens with zero attached hydrogens (tertiary/aromatic N) is 2. The fourth-order valence-corrected chi connectivity index (χ4v) is 3.69. The Morgan fingerprint density at radius 1 is 1.21 bits per heavy atom. The molecule has 0 bridgehead atoms. The van der Waals surface area contributed by atoms with Gasteiger partial charge in [0.25, 0.3) is 0 Å². The van der Waals surface area contributed by atoms with Gasteiger partial charge in [0.2, 0.25) is 5.91 Å². The van der Waals surface area contributed by atoms with Crippen LogP contribution < -0.4 is 10.2 Å². The summed E-state index contributed by atoms with van der Waals surface area (Å²) in [6, 6.07) is 6.13. The Labute approximate surface area is 170 Å². The first-order chi connectivity index (χ1) is 13.1. The van der Waals surface area contributed by atoms with E-state index in [1.807, 2.05) is 6.92 Å². The number of rotatable bonds is 3. The third-order valence-corrected chi connectivity index (χ3v) is 5.27. The van der Waals surface area contributed by atoms with Crippen molar-refractivity contribution in [1.29, 1.82) is 0 Å². The molecule has 0 spiro atoms. The molecule has 1 N–H and O–H groups in total. The number of halogens is 5. The highest BCUT2D eigenvalue weighted by molar-refractivity contribution is 6.33. The SMILES string of the molecule is Cc1cc(Cl)ccc1NC(=O)C1CCN(c2ncc(C(F)(F)F)cc2Cl)CC1. The fourth-order valence-electron chi connectivity index (χ4n) is 3.17. The Bertz CT molecular complexity index is 881. The summed E-state index contributed by atoms with van der Waals surface area (Å²) in [5.74, 6) is 0.0261. The summed E-state index contributed by atoms with van der Waals surface area (Å²) in [4.78, 5) is 18.2. The molecule has 150 valence electrons. The number of pyridine rings is 1. The van der Waals surface area contributed by atoms with E-state index in [0.717, 1.165) is 17.8 Å². The quantitative estimate of drug-likeness (QED) is 0.690. The number of carbonyl (C=O) groups excluding carboxylic acids is 1. The Morgan fingerprint density at radius 3 is 2.46 bits per heavy atom. The number of aromatic nitrogens is 1. The van der Waals surface area contributed by atoms with Crippen molar-refractivity contribution in [2.45, 2.75) is 25.9 Å². The van der Waals surface area contributed by atoms with Crippen LogP contribution in [0.4, 0.5) is 24.7 Å². The van der Waals surface area contributed by atoms with Crippen molar-refractivity contribution >= 4 is 40.6 Å². The summed E-state index contributed by atoms with van der Waals surface area (Å²) < 4.78 is 38.2. The summed E-state index contributed by atoms with van der Waals surface area (Å²) in [6.45, 7) is 2.83. The first kappa shape index (κ1) is 20.7. The minimum Gasteiger partial charge on any atom is -0.355 e. The standard InChI is InChI=1S/C19H18Cl2F3N3O/c1-11-8-14(20)2-3-16(11)26-18(28)12-4-6-27(7-5-12)17-15(21)9-13(10-25-17)19(22,23)24/h2-3,8-10,12H,4-7H2,1H3,(H,26,28). The minimum atomic E-state index is -4.49. The lowest BCUT2D eigenvalue weighted by Crippen LogP contribution is -2.38. The lowest BCUT2D eigenvalue weighted by atomic mass is 9.95. The molecule has 0 unspecified atom stereocenters. The van der Waals surface area contributed by atoms with Gasteiger partial charge < -0.3 is 10.2 Å². The lowest BCUT2D eigenvalue weighted by Gasteiger charge is -2.32. The Kier molecular flexibility index (Phi) is 6.05. The van der Waals surface area contributed by atoms with E-state index >= 15 is 0 Å². The molecule has 28 heavy (non-hydrogen) atoms. The number of alkyl halides is 3. The first-order valence-corrected chi connectivity index (χ1v) is 9.45. The van der Waals surface area contributed by atoms with Crippen LogP contribution in [-0.2, 0) is 11.0 Å². The summed E-state index contributed by atoms with van der Waals surface area (Å²) in [6.07, 6.45) is -2.60. The van der Waals surface area contributed by atoms with Crippen LogP contribution in [0.25, 0.3) is 0 Å². The molecule has 1 aliphatic rings. The van der Waals surface area contributed by atoms with Gasteiger partial charge in [-0.05, 0) is 49.6 Å². The van der Waals surface area contributed by atoms with E-state index in [9.17, 15) is 18.0 Å². The summed E-state index contributed by atoms with van der Waals surface area (Å²) in [5.41, 5.74) is 0.706. The van der Waals surface area contributed by atoms with Gasteiger partial charge >= 0.3 is 6.18 Å². The number of anilines is 2. The molecular weight excluding hydrogens is 414 g/mol. The van der Waals surface area contributed by atoms with Gasteiger partial charge in [0.1, 0.15) is 5.82 Å². The average Bonchev–Trinajstić information content (AvgIpc) is 2.63. The molecule has 1 aromatic carbocycles. The van der Waals surface area contributed by atoms with Crippen molar-refractivity contribution < 1.29 is 18.0 Å². The van der Waals surface area contributed by atoms with Gasteiger partial charge in [-0.1, -0.05) is 23.2 Å². The Morgan fingerprint density at radius 2 is 1.89 bits per heavy atom. The van der Waals surface area contributed by atoms with Gasteiger partial charge in [-0.25, -0.2) is 4.98 Å². The van der Waals surface area contributed by atoms with Crippen LogP contribution in [0.1, 0.15) is 24.0 Å². The zero-order chi connectivity index (χ0) is 20.5. The van der Waals surface area contributed by atoms with E-state index in [1.54, 1.807) is 23.1 Å². The van der Waals surface area contributed by atoms with Crippen molar-refractivity contribution in [2.75, 3.05) is 23.3 Å². The van der Waals surface area contributed by atoms with E-state index in [1.165, 1.54) is 0 Å². The van der Waals surface area contributed by atoms with Gasteiger partial charge in [0.05, 0.1) is 10.6 Å². The van der Waals surface area contributed by atoms with Crippen LogP contribution in [0.5, 0.6) is 0 Å². The highest BCUT2D eigenvalue weighted by Crippen LogP contribution is 2.34. The predicted octanol–water partition coefficient (Wildman–Crippen LogP) is 5.57. The molecule has 1 aromatic heterocycles. The fraction of sp³-hybridized carbons (Fsp3) is 0.368. The van der Waals surface area contributed by atoms with Crippen LogP contribution in [0, 0.1) is 12.8 Å². The molecule has 0 saturated carbocycles. The molecule has 0 atom stereocenters. The molecule has 1 saturated heterocycles. The van der Waals surface area contributed by atoms with E-state index in [2.05, 4.69) is 10.3 Å². The molecule has 2 heterocycles.